The number of nitrogens with two attached hydrogens (primary N) is 1. The largest absolute Gasteiger partial charge is 0.461 e. The van der Waals surface area contributed by atoms with E-state index < -0.39 is 18.0 Å². The van der Waals surface area contributed by atoms with Gasteiger partial charge in [-0.2, -0.15) is 0 Å². The maximum atomic E-state index is 12.1. The van der Waals surface area contributed by atoms with Gasteiger partial charge in [0.1, 0.15) is 12.6 Å². The van der Waals surface area contributed by atoms with Crippen molar-refractivity contribution in [3.63, 3.8) is 0 Å². The molecule has 26 heavy (non-hydrogen) atoms. The van der Waals surface area contributed by atoms with Gasteiger partial charge in [0.05, 0.1) is 11.6 Å². The van der Waals surface area contributed by atoms with E-state index in [1.54, 1.807) is 12.3 Å². The molecule has 0 aliphatic carbocycles. The van der Waals surface area contributed by atoms with E-state index in [2.05, 4.69) is 4.98 Å². The summed E-state index contributed by atoms with van der Waals surface area (Å²) in [7, 11) is 0. The molecule has 1 aromatic carbocycles. The Kier molecular flexibility index (Phi) is 7.74. The van der Waals surface area contributed by atoms with E-state index in [-0.39, 0.29) is 12.5 Å². The Balaban J connectivity index is 1.78. The quantitative estimate of drug-likeness (QED) is 0.677. The van der Waals surface area contributed by atoms with Crippen molar-refractivity contribution in [1.29, 1.82) is 0 Å². The Hall–Kier alpha value is -2.25. The average Bonchev–Trinajstić information content (AvgIpc) is 3.13. The van der Waals surface area contributed by atoms with Gasteiger partial charge in [-0.05, 0) is 31.2 Å². The third kappa shape index (κ3) is 5.93. The first kappa shape index (κ1) is 20.1. The number of rotatable bonds is 9. The molecule has 0 aliphatic heterocycles. The molecule has 0 amide bonds. The Bertz CT molecular complexity index is 717. The van der Waals surface area contributed by atoms with Gasteiger partial charge >= 0.3 is 11.9 Å². The summed E-state index contributed by atoms with van der Waals surface area (Å²) in [4.78, 5) is 28.0. The predicted molar refractivity (Wildman–Crippen MR) is 99.8 cm³/mol. The Labute approximate surface area is 157 Å². The van der Waals surface area contributed by atoms with Gasteiger partial charge in [-0.1, -0.05) is 37.3 Å². The minimum atomic E-state index is -0.691. The maximum Gasteiger partial charge on any atom is 0.357 e. The first-order chi connectivity index (χ1) is 12.5. The van der Waals surface area contributed by atoms with Gasteiger partial charge in [0.2, 0.25) is 0 Å². The van der Waals surface area contributed by atoms with Crippen LogP contribution in [0.1, 0.15) is 41.3 Å². The molecule has 0 saturated heterocycles. The second-order valence-corrected chi connectivity index (χ2v) is 6.92. The van der Waals surface area contributed by atoms with Crippen LogP contribution in [0.25, 0.3) is 0 Å². The number of aromatic nitrogens is 1. The molecular formula is C19H24N2O4S. The van der Waals surface area contributed by atoms with Crippen LogP contribution in [0.15, 0.2) is 35.7 Å². The molecule has 7 heteroatoms. The van der Waals surface area contributed by atoms with Gasteiger partial charge in [0.15, 0.2) is 5.69 Å². The molecule has 2 aromatic rings. The lowest BCUT2D eigenvalue weighted by Gasteiger charge is -2.18. The fourth-order valence-corrected chi connectivity index (χ4v) is 3.10. The van der Waals surface area contributed by atoms with E-state index in [4.69, 9.17) is 15.2 Å². The number of carbonyl (C=O) groups excluding carboxylic acids is 2. The highest BCUT2D eigenvalue weighted by Gasteiger charge is 2.23. The summed E-state index contributed by atoms with van der Waals surface area (Å²) >= 11 is 1.40. The minimum Gasteiger partial charge on any atom is -0.461 e. The number of thiazole rings is 1. The molecule has 0 spiro atoms. The molecule has 0 saturated carbocycles. The summed E-state index contributed by atoms with van der Waals surface area (Å²) in [6.45, 7) is 4.21. The molecule has 140 valence electrons. The van der Waals surface area contributed by atoms with Crippen LogP contribution >= 0.6 is 11.3 Å². The SMILES string of the molecule is CCOC(=O)c1csc(CCC(C)C(N)C(=O)OCc2ccccc2)n1. The van der Waals surface area contributed by atoms with Crippen molar-refractivity contribution in [2.45, 2.75) is 39.3 Å². The third-order valence-electron chi connectivity index (χ3n) is 3.96. The fraction of sp³-hybridized carbons (Fsp3) is 0.421. The monoisotopic (exact) mass is 376 g/mol. The Morgan fingerprint density at radius 3 is 2.65 bits per heavy atom. The highest BCUT2D eigenvalue weighted by atomic mass is 32.1. The predicted octanol–water partition coefficient (Wildman–Crippen LogP) is 2.96. The first-order valence-corrected chi connectivity index (χ1v) is 9.47. The number of hydrogen-bond acceptors (Lipinski definition) is 7. The van der Waals surface area contributed by atoms with Gasteiger partial charge in [-0.25, -0.2) is 9.78 Å². The lowest BCUT2D eigenvalue weighted by Crippen LogP contribution is -2.38. The zero-order valence-corrected chi connectivity index (χ0v) is 15.8. The molecule has 2 atom stereocenters. The molecule has 0 bridgehead atoms. The summed E-state index contributed by atoms with van der Waals surface area (Å²) in [5, 5.41) is 2.51. The van der Waals surface area contributed by atoms with E-state index in [9.17, 15) is 9.59 Å². The van der Waals surface area contributed by atoms with Crippen LogP contribution in [0.2, 0.25) is 0 Å². The van der Waals surface area contributed by atoms with Crippen molar-refractivity contribution in [3.05, 3.63) is 52.0 Å². The molecule has 2 N–H and O–H groups in total. The molecule has 0 aliphatic rings. The van der Waals surface area contributed by atoms with Crippen LogP contribution in [0.4, 0.5) is 0 Å². The number of nitrogens with zero attached hydrogens (tertiary/aromatic N) is 1. The second kappa shape index (κ2) is 10.0. The lowest BCUT2D eigenvalue weighted by molar-refractivity contribution is -0.147. The summed E-state index contributed by atoms with van der Waals surface area (Å²) in [5.41, 5.74) is 7.27. The number of aryl methyl sites for hydroxylation is 1. The van der Waals surface area contributed by atoms with E-state index in [1.165, 1.54) is 11.3 Å². The number of hydrogen-bond donors (Lipinski definition) is 1. The van der Waals surface area contributed by atoms with Crippen molar-refractivity contribution in [2.24, 2.45) is 11.7 Å². The molecule has 2 rings (SSSR count). The average molecular weight is 376 g/mol. The highest BCUT2D eigenvalue weighted by Crippen LogP contribution is 2.17. The van der Waals surface area contributed by atoms with Crippen LogP contribution in [-0.2, 0) is 27.3 Å². The Morgan fingerprint density at radius 2 is 1.96 bits per heavy atom. The standard InChI is InChI=1S/C19H24N2O4S/c1-3-24-18(22)15-12-26-16(21-15)10-9-13(2)17(20)19(23)25-11-14-7-5-4-6-8-14/h4-8,12-13,17H,3,9-11,20H2,1-2H3. The maximum absolute atomic E-state index is 12.1. The number of carbonyl (C=O) groups is 2. The minimum absolute atomic E-state index is 0.0618. The number of benzene rings is 1. The zero-order chi connectivity index (χ0) is 18.9. The van der Waals surface area contributed by atoms with E-state index >= 15 is 0 Å². The second-order valence-electron chi connectivity index (χ2n) is 5.98. The van der Waals surface area contributed by atoms with Crippen LogP contribution in [0, 0.1) is 5.92 Å². The first-order valence-electron chi connectivity index (χ1n) is 8.59. The highest BCUT2D eigenvalue weighted by molar-refractivity contribution is 7.09. The molecule has 6 nitrogen and oxygen atoms in total. The van der Waals surface area contributed by atoms with Crippen molar-refractivity contribution in [2.75, 3.05) is 6.61 Å². The van der Waals surface area contributed by atoms with Crippen molar-refractivity contribution < 1.29 is 19.1 Å². The summed E-state index contributed by atoms with van der Waals surface area (Å²) in [5.74, 6) is -0.884. The van der Waals surface area contributed by atoms with Crippen molar-refractivity contribution in [3.8, 4) is 0 Å². The van der Waals surface area contributed by atoms with Gasteiger partial charge in [-0.3, -0.25) is 4.79 Å². The normalized spacial score (nSPS) is 13.0. The van der Waals surface area contributed by atoms with E-state index in [0.717, 1.165) is 10.6 Å². The van der Waals surface area contributed by atoms with Crippen molar-refractivity contribution >= 4 is 23.3 Å². The molecule has 1 aromatic heterocycles. The van der Waals surface area contributed by atoms with E-state index in [0.29, 0.717) is 25.1 Å². The number of ether oxygens (including phenoxy) is 2. The summed E-state index contributed by atoms with van der Waals surface area (Å²) in [6, 6.07) is 8.79. The molecule has 0 radical (unpaired) electrons. The van der Waals surface area contributed by atoms with Gasteiger partial charge in [-0.15, -0.1) is 11.3 Å². The topological polar surface area (TPSA) is 91.5 Å². The van der Waals surface area contributed by atoms with Crippen LogP contribution in [0.3, 0.4) is 0 Å². The summed E-state index contributed by atoms with van der Waals surface area (Å²) < 4.78 is 10.2. The lowest BCUT2D eigenvalue weighted by atomic mass is 9.97. The Morgan fingerprint density at radius 1 is 1.23 bits per heavy atom. The molecule has 2 unspecified atom stereocenters. The molecule has 1 heterocycles. The zero-order valence-electron chi connectivity index (χ0n) is 15.0. The third-order valence-corrected chi connectivity index (χ3v) is 4.87. The van der Waals surface area contributed by atoms with Gasteiger partial charge < -0.3 is 15.2 Å². The van der Waals surface area contributed by atoms with Crippen LogP contribution in [0.5, 0.6) is 0 Å². The number of esters is 2. The van der Waals surface area contributed by atoms with Crippen LogP contribution in [-0.4, -0.2) is 29.6 Å². The fourth-order valence-electron chi connectivity index (χ4n) is 2.31. The smallest absolute Gasteiger partial charge is 0.357 e. The summed E-state index contributed by atoms with van der Waals surface area (Å²) in [6.07, 6.45) is 1.32. The molecular weight excluding hydrogens is 352 g/mol. The van der Waals surface area contributed by atoms with Gasteiger partial charge in [0, 0.05) is 5.38 Å². The van der Waals surface area contributed by atoms with Crippen LogP contribution < -0.4 is 5.73 Å². The molecule has 0 fully saturated rings. The van der Waals surface area contributed by atoms with E-state index in [1.807, 2.05) is 37.3 Å². The van der Waals surface area contributed by atoms with Crippen molar-refractivity contribution in [1.82, 2.24) is 4.98 Å². The van der Waals surface area contributed by atoms with Gasteiger partial charge in [0.25, 0.3) is 0 Å².